The number of anilines is 3. The molecule has 0 atom stereocenters. The lowest BCUT2D eigenvalue weighted by Gasteiger charge is -2.09. The number of nitrogens with zero attached hydrogens (tertiary/aromatic N) is 2. The molecule has 0 unspecified atom stereocenters. The van der Waals surface area contributed by atoms with Crippen molar-refractivity contribution in [3.05, 3.63) is 65.2 Å². The first-order valence-corrected chi connectivity index (χ1v) is 10.7. The van der Waals surface area contributed by atoms with Gasteiger partial charge in [-0.1, -0.05) is 0 Å². The van der Waals surface area contributed by atoms with Crippen LogP contribution in [0.2, 0.25) is 0 Å². The van der Waals surface area contributed by atoms with Crippen molar-refractivity contribution in [2.45, 2.75) is 6.42 Å². The quantitative estimate of drug-likeness (QED) is 0.511. The number of hydrogen-bond donors (Lipinski definition) is 3. The second-order valence-corrected chi connectivity index (χ2v) is 7.83. The number of carbonyl (C=O) groups is 3. The van der Waals surface area contributed by atoms with Crippen molar-refractivity contribution >= 4 is 45.7 Å². The average molecular weight is 452 g/mol. The molecule has 9 nitrogen and oxygen atoms in total. The van der Waals surface area contributed by atoms with Gasteiger partial charge in [0.2, 0.25) is 5.91 Å². The van der Waals surface area contributed by atoms with Gasteiger partial charge in [-0.3, -0.25) is 14.5 Å². The van der Waals surface area contributed by atoms with Gasteiger partial charge in [0.1, 0.15) is 5.75 Å². The molecule has 32 heavy (non-hydrogen) atoms. The maximum atomic E-state index is 12.4. The maximum absolute atomic E-state index is 12.4. The van der Waals surface area contributed by atoms with Crippen molar-refractivity contribution in [1.82, 2.24) is 10.3 Å². The molecule has 4 rings (SSSR count). The summed E-state index contributed by atoms with van der Waals surface area (Å²) in [6.07, 6.45) is 0.0890. The molecule has 0 bridgehead atoms. The van der Waals surface area contributed by atoms with E-state index in [9.17, 15) is 14.4 Å². The number of benzene rings is 2. The largest absolute Gasteiger partial charge is 0.497 e. The number of urea groups is 1. The van der Waals surface area contributed by atoms with Crippen molar-refractivity contribution < 1.29 is 19.1 Å². The van der Waals surface area contributed by atoms with E-state index in [1.165, 1.54) is 11.3 Å². The van der Waals surface area contributed by atoms with Gasteiger partial charge in [-0.15, -0.1) is 11.3 Å². The highest BCUT2D eigenvalue weighted by Gasteiger charge is 2.24. The van der Waals surface area contributed by atoms with Crippen LogP contribution in [0.3, 0.4) is 0 Å². The Morgan fingerprint density at radius 3 is 2.44 bits per heavy atom. The Labute approximate surface area is 188 Å². The van der Waals surface area contributed by atoms with Gasteiger partial charge >= 0.3 is 6.03 Å². The zero-order valence-electron chi connectivity index (χ0n) is 17.3. The Kier molecular flexibility index (Phi) is 6.31. The highest BCUT2D eigenvalue weighted by atomic mass is 32.1. The van der Waals surface area contributed by atoms with Crippen molar-refractivity contribution in [1.29, 1.82) is 0 Å². The van der Waals surface area contributed by atoms with Crippen LogP contribution >= 0.6 is 11.3 Å². The summed E-state index contributed by atoms with van der Waals surface area (Å²) in [5.74, 6) is 0.218. The monoisotopic (exact) mass is 451 g/mol. The summed E-state index contributed by atoms with van der Waals surface area (Å²) >= 11 is 1.33. The van der Waals surface area contributed by atoms with E-state index in [1.807, 2.05) is 0 Å². The van der Waals surface area contributed by atoms with Gasteiger partial charge in [-0.05, 0) is 48.5 Å². The van der Waals surface area contributed by atoms with E-state index >= 15 is 0 Å². The molecule has 164 valence electrons. The van der Waals surface area contributed by atoms with Crippen LogP contribution in [0.1, 0.15) is 16.1 Å². The Balaban J connectivity index is 1.31. The molecule has 2 heterocycles. The lowest BCUT2D eigenvalue weighted by Crippen LogP contribution is -2.27. The Bertz CT molecular complexity index is 1130. The summed E-state index contributed by atoms with van der Waals surface area (Å²) in [5, 5.41) is 10.7. The first-order chi connectivity index (χ1) is 15.5. The number of amides is 4. The molecule has 0 spiro atoms. The maximum Gasteiger partial charge on any atom is 0.323 e. The van der Waals surface area contributed by atoms with Crippen LogP contribution < -0.4 is 25.6 Å². The number of thiazole rings is 1. The van der Waals surface area contributed by atoms with E-state index < -0.39 is 0 Å². The number of aromatic nitrogens is 1. The number of methoxy groups -OCH3 is 1. The van der Waals surface area contributed by atoms with Gasteiger partial charge < -0.3 is 20.7 Å². The third-order valence-electron chi connectivity index (χ3n) is 4.75. The molecule has 1 aliphatic rings. The second-order valence-electron chi connectivity index (χ2n) is 6.99. The molecule has 3 aromatic rings. The van der Waals surface area contributed by atoms with Crippen LogP contribution in [0.4, 0.5) is 21.3 Å². The van der Waals surface area contributed by atoms with Crippen LogP contribution in [0.5, 0.6) is 5.75 Å². The minimum absolute atomic E-state index is 0.0890. The molecule has 3 N–H and O–H groups in total. The van der Waals surface area contributed by atoms with E-state index in [0.29, 0.717) is 46.6 Å². The first-order valence-electron chi connectivity index (χ1n) is 9.87. The van der Waals surface area contributed by atoms with Gasteiger partial charge in [0, 0.05) is 35.4 Å². The van der Waals surface area contributed by atoms with Gasteiger partial charge in [-0.2, -0.15) is 0 Å². The third-order valence-corrected chi connectivity index (χ3v) is 5.66. The molecule has 10 heteroatoms. The Hall–Kier alpha value is -3.92. The van der Waals surface area contributed by atoms with Crippen molar-refractivity contribution in [2.75, 3.05) is 35.7 Å². The van der Waals surface area contributed by atoms with Gasteiger partial charge in [-0.25, -0.2) is 9.78 Å². The fourth-order valence-corrected chi connectivity index (χ4v) is 3.96. The number of hydrogen-bond acceptors (Lipinski definition) is 6. The number of ether oxygens (including phenoxy) is 1. The summed E-state index contributed by atoms with van der Waals surface area (Å²) in [7, 11) is 1.58. The zero-order chi connectivity index (χ0) is 22.5. The number of rotatable bonds is 7. The summed E-state index contributed by atoms with van der Waals surface area (Å²) in [5.41, 5.74) is 2.29. The zero-order valence-corrected chi connectivity index (χ0v) is 18.1. The van der Waals surface area contributed by atoms with Crippen molar-refractivity contribution in [3.8, 4) is 5.75 Å². The molecular weight excluding hydrogens is 430 g/mol. The molecule has 1 aromatic heterocycles. The lowest BCUT2D eigenvalue weighted by atomic mass is 10.2. The van der Waals surface area contributed by atoms with Crippen LogP contribution in [0, 0.1) is 0 Å². The van der Waals surface area contributed by atoms with Crippen molar-refractivity contribution in [2.24, 2.45) is 0 Å². The Morgan fingerprint density at radius 1 is 1.09 bits per heavy atom. The van der Waals surface area contributed by atoms with Crippen LogP contribution in [0.25, 0.3) is 0 Å². The molecule has 4 amide bonds. The van der Waals surface area contributed by atoms with Crippen LogP contribution in [0.15, 0.2) is 53.9 Å². The van der Waals surface area contributed by atoms with Gasteiger partial charge in [0.25, 0.3) is 5.91 Å². The minimum Gasteiger partial charge on any atom is -0.497 e. The Morgan fingerprint density at radius 2 is 1.78 bits per heavy atom. The van der Waals surface area contributed by atoms with Gasteiger partial charge in [0.05, 0.1) is 19.2 Å². The SMILES string of the molecule is COc1ccc(NC(=O)c2ccc(NC(=O)Cc3csc(N4CCNC4=O)n3)cc2)cc1. The standard InChI is InChI=1S/C22H21N5O4S/c1-31-18-8-6-16(7-9-18)25-20(29)14-2-4-15(5-3-14)24-19(28)12-17-13-32-22(26-17)27-11-10-23-21(27)30/h2-9,13H,10-12H2,1H3,(H,23,30)(H,24,28)(H,25,29). The molecule has 1 fully saturated rings. The second kappa shape index (κ2) is 9.48. The smallest absolute Gasteiger partial charge is 0.323 e. The van der Waals surface area contributed by atoms with E-state index in [2.05, 4.69) is 20.9 Å². The molecule has 1 aliphatic heterocycles. The van der Waals surface area contributed by atoms with E-state index in [-0.39, 0.29) is 24.3 Å². The third kappa shape index (κ3) is 5.03. The summed E-state index contributed by atoms with van der Waals surface area (Å²) in [4.78, 5) is 42.4. The minimum atomic E-state index is -0.256. The first kappa shape index (κ1) is 21.3. The topological polar surface area (TPSA) is 113 Å². The van der Waals surface area contributed by atoms with Crippen LogP contribution in [-0.2, 0) is 11.2 Å². The molecule has 0 radical (unpaired) electrons. The summed E-state index contributed by atoms with van der Waals surface area (Å²) in [6, 6.07) is 13.5. The molecule has 0 aliphatic carbocycles. The van der Waals surface area contributed by atoms with Gasteiger partial charge in [0.15, 0.2) is 5.13 Å². The van der Waals surface area contributed by atoms with E-state index in [4.69, 9.17) is 4.74 Å². The highest BCUT2D eigenvalue weighted by Crippen LogP contribution is 2.22. The molecular formula is C22H21N5O4S. The highest BCUT2D eigenvalue weighted by molar-refractivity contribution is 7.14. The lowest BCUT2D eigenvalue weighted by molar-refractivity contribution is -0.115. The predicted molar refractivity (Wildman–Crippen MR) is 123 cm³/mol. The van der Waals surface area contributed by atoms with Crippen molar-refractivity contribution in [3.63, 3.8) is 0 Å². The van der Waals surface area contributed by atoms with E-state index in [0.717, 1.165) is 0 Å². The summed E-state index contributed by atoms with van der Waals surface area (Å²) in [6.45, 7) is 1.15. The van der Waals surface area contributed by atoms with Crippen LogP contribution in [-0.4, -0.2) is 43.0 Å². The molecule has 0 saturated carbocycles. The molecule has 1 saturated heterocycles. The number of carbonyl (C=O) groups excluding carboxylic acids is 3. The fraction of sp³-hybridized carbons (Fsp3) is 0.182. The average Bonchev–Trinajstić information content (AvgIpc) is 3.43. The predicted octanol–water partition coefficient (Wildman–Crippen LogP) is 3.11. The fourth-order valence-electron chi connectivity index (χ4n) is 3.11. The molecule has 2 aromatic carbocycles. The normalized spacial score (nSPS) is 12.9. The van der Waals surface area contributed by atoms with E-state index in [1.54, 1.807) is 65.9 Å². The number of nitrogens with one attached hydrogen (secondary N) is 3. The summed E-state index contributed by atoms with van der Waals surface area (Å²) < 4.78 is 5.10.